The maximum atomic E-state index is 6.06. The van der Waals surface area contributed by atoms with Crippen LogP contribution < -0.4 is 4.74 Å². The first-order valence-electron chi connectivity index (χ1n) is 11.6. The molecule has 1 aliphatic rings. The number of hydrogen-bond donors (Lipinski definition) is 0. The first-order valence-corrected chi connectivity index (χ1v) is 11.6. The standard InChI is InChI=1S/C28H36O/c1-3-5-7-24-8-10-25(11-9-24)12-13-26-18-20-28(21-19-26)29-22-27-16-14-23(6-4-2)15-17-27/h8-11,18-21,23,27H,3-7,14-17,22H2,1-2H3/t23-,27-. The van der Waals surface area contributed by atoms with E-state index in [4.69, 9.17) is 4.74 Å². The van der Waals surface area contributed by atoms with Crippen LogP contribution in [0.2, 0.25) is 0 Å². The molecule has 1 heteroatoms. The Labute approximate surface area is 177 Å². The van der Waals surface area contributed by atoms with Crippen molar-refractivity contribution in [3.05, 3.63) is 65.2 Å². The van der Waals surface area contributed by atoms with Crippen molar-refractivity contribution in [2.24, 2.45) is 11.8 Å². The van der Waals surface area contributed by atoms with E-state index in [9.17, 15) is 0 Å². The van der Waals surface area contributed by atoms with Crippen LogP contribution in [0.1, 0.15) is 81.9 Å². The van der Waals surface area contributed by atoms with E-state index in [1.54, 1.807) is 0 Å². The average Bonchev–Trinajstić information content (AvgIpc) is 2.77. The van der Waals surface area contributed by atoms with Crippen LogP contribution in [0.25, 0.3) is 0 Å². The molecule has 2 aromatic carbocycles. The molecule has 0 aliphatic heterocycles. The molecule has 3 rings (SSSR count). The van der Waals surface area contributed by atoms with E-state index in [1.807, 2.05) is 0 Å². The summed E-state index contributed by atoms with van der Waals surface area (Å²) in [5, 5.41) is 0. The van der Waals surface area contributed by atoms with Gasteiger partial charge in [0.1, 0.15) is 5.75 Å². The largest absolute Gasteiger partial charge is 0.493 e. The Balaban J connectivity index is 1.45. The van der Waals surface area contributed by atoms with Crippen molar-refractivity contribution in [2.75, 3.05) is 6.61 Å². The lowest BCUT2D eigenvalue weighted by molar-refractivity contribution is 0.178. The predicted molar refractivity (Wildman–Crippen MR) is 123 cm³/mol. The molecule has 0 amide bonds. The Bertz CT molecular complexity index is 768. The van der Waals surface area contributed by atoms with Crippen molar-refractivity contribution in [1.29, 1.82) is 0 Å². The summed E-state index contributed by atoms with van der Waals surface area (Å²) in [5.74, 6) is 9.19. The molecular weight excluding hydrogens is 352 g/mol. The molecule has 29 heavy (non-hydrogen) atoms. The molecule has 0 heterocycles. The van der Waals surface area contributed by atoms with Crippen molar-refractivity contribution in [1.82, 2.24) is 0 Å². The molecule has 1 fully saturated rings. The van der Waals surface area contributed by atoms with Crippen molar-refractivity contribution in [3.63, 3.8) is 0 Å². The lowest BCUT2D eigenvalue weighted by Crippen LogP contribution is -2.20. The van der Waals surface area contributed by atoms with Crippen LogP contribution in [0.15, 0.2) is 48.5 Å². The highest BCUT2D eigenvalue weighted by Gasteiger charge is 2.20. The predicted octanol–water partition coefficient (Wildman–Crippen LogP) is 7.41. The van der Waals surface area contributed by atoms with Gasteiger partial charge in [0, 0.05) is 11.1 Å². The molecule has 0 bridgehead atoms. The Morgan fingerprint density at radius 2 is 1.34 bits per heavy atom. The van der Waals surface area contributed by atoms with Gasteiger partial charge in [-0.2, -0.15) is 0 Å². The quantitative estimate of drug-likeness (QED) is 0.428. The summed E-state index contributed by atoms with van der Waals surface area (Å²) in [7, 11) is 0. The second-order valence-corrected chi connectivity index (χ2v) is 8.56. The lowest BCUT2D eigenvalue weighted by Gasteiger charge is -2.28. The van der Waals surface area contributed by atoms with E-state index in [-0.39, 0.29) is 0 Å². The van der Waals surface area contributed by atoms with E-state index in [2.05, 4.69) is 74.2 Å². The molecule has 0 N–H and O–H groups in total. The molecular formula is C28H36O. The number of aryl methyl sites for hydroxylation is 1. The van der Waals surface area contributed by atoms with Crippen molar-refractivity contribution < 1.29 is 4.74 Å². The first kappa shape index (κ1) is 21.5. The minimum atomic E-state index is 0.725. The molecule has 154 valence electrons. The van der Waals surface area contributed by atoms with Crippen LogP contribution in [0.4, 0.5) is 0 Å². The molecule has 0 atom stereocenters. The smallest absolute Gasteiger partial charge is 0.119 e. The normalized spacial score (nSPS) is 18.7. The van der Waals surface area contributed by atoms with Gasteiger partial charge in [0.05, 0.1) is 6.61 Å². The third kappa shape index (κ3) is 7.28. The Morgan fingerprint density at radius 3 is 1.93 bits per heavy atom. The lowest BCUT2D eigenvalue weighted by atomic mass is 9.80. The second kappa shape index (κ2) is 11.7. The van der Waals surface area contributed by atoms with Crippen LogP contribution in [0.5, 0.6) is 5.75 Å². The summed E-state index contributed by atoms with van der Waals surface area (Å²) < 4.78 is 6.06. The fourth-order valence-electron chi connectivity index (χ4n) is 4.22. The zero-order chi connectivity index (χ0) is 20.3. The third-order valence-corrected chi connectivity index (χ3v) is 6.13. The number of ether oxygens (including phenoxy) is 1. The molecule has 0 aromatic heterocycles. The van der Waals surface area contributed by atoms with Gasteiger partial charge in [-0.15, -0.1) is 0 Å². The van der Waals surface area contributed by atoms with E-state index >= 15 is 0 Å². The van der Waals surface area contributed by atoms with Gasteiger partial charge in [-0.1, -0.05) is 69.9 Å². The van der Waals surface area contributed by atoms with Crippen LogP contribution in [0, 0.1) is 23.7 Å². The molecule has 1 nitrogen and oxygen atoms in total. The van der Waals surface area contributed by atoms with Crippen LogP contribution in [-0.2, 0) is 6.42 Å². The number of hydrogen-bond acceptors (Lipinski definition) is 1. The topological polar surface area (TPSA) is 9.23 Å². The molecule has 0 radical (unpaired) electrons. The van der Waals surface area contributed by atoms with Gasteiger partial charge in [-0.05, 0) is 79.5 Å². The van der Waals surface area contributed by atoms with Crippen molar-refractivity contribution in [3.8, 4) is 17.6 Å². The highest BCUT2D eigenvalue weighted by Crippen LogP contribution is 2.31. The van der Waals surface area contributed by atoms with E-state index < -0.39 is 0 Å². The van der Waals surface area contributed by atoms with E-state index in [1.165, 1.54) is 56.9 Å². The van der Waals surface area contributed by atoms with Crippen LogP contribution in [0.3, 0.4) is 0 Å². The highest BCUT2D eigenvalue weighted by molar-refractivity contribution is 5.44. The van der Waals surface area contributed by atoms with Gasteiger partial charge in [0.2, 0.25) is 0 Å². The number of rotatable bonds is 8. The van der Waals surface area contributed by atoms with Gasteiger partial charge in [0.15, 0.2) is 0 Å². The van der Waals surface area contributed by atoms with Crippen LogP contribution in [-0.4, -0.2) is 6.61 Å². The Morgan fingerprint density at radius 1 is 0.759 bits per heavy atom. The van der Waals surface area contributed by atoms with Gasteiger partial charge < -0.3 is 4.74 Å². The zero-order valence-corrected chi connectivity index (χ0v) is 18.3. The summed E-state index contributed by atoms with van der Waals surface area (Å²) in [6.45, 7) is 5.39. The average molecular weight is 389 g/mol. The Kier molecular flexibility index (Phi) is 8.69. The molecule has 0 saturated heterocycles. The van der Waals surface area contributed by atoms with Gasteiger partial charge >= 0.3 is 0 Å². The van der Waals surface area contributed by atoms with E-state index in [0.29, 0.717) is 0 Å². The fraction of sp³-hybridized carbons (Fsp3) is 0.500. The Hall–Kier alpha value is -2.20. The van der Waals surface area contributed by atoms with Crippen molar-refractivity contribution in [2.45, 2.75) is 71.6 Å². The first-order chi connectivity index (χ1) is 14.3. The highest BCUT2D eigenvalue weighted by atomic mass is 16.5. The van der Waals surface area contributed by atoms with Crippen molar-refractivity contribution >= 4 is 0 Å². The van der Waals surface area contributed by atoms with Gasteiger partial charge in [0.25, 0.3) is 0 Å². The van der Waals surface area contributed by atoms with Crippen LogP contribution >= 0.6 is 0 Å². The molecule has 2 aromatic rings. The minimum absolute atomic E-state index is 0.725. The second-order valence-electron chi connectivity index (χ2n) is 8.56. The summed E-state index contributed by atoms with van der Waals surface area (Å²) in [6.07, 6.45) is 11.8. The summed E-state index contributed by atoms with van der Waals surface area (Å²) >= 11 is 0. The minimum Gasteiger partial charge on any atom is -0.493 e. The summed E-state index contributed by atoms with van der Waals surface area (Å²) in [4.78, 5) is 0. The zero-order valence-electron chi connectivity index (χ0n) is 18.3. The molecule has 1 saturated carbocycles. The molecule has 0 unspecified atom stereocenters. The molecule has 0 spiro atoms. The summed E-state index contributed by atoms with van der Waals surface area (Å²) in [6, 6.07) is 16.9. The monoisotopic (exact) mass is 388 g/mol. The van der Waals surface area contributed by atoms with E-state index in [0.717, 1.165) is 41.7 Å². The summed E-state index contributed by atoms with van der Waals surface area (Å²) in [5.41, 5.74) is 3.51. The number of unbranched alkanes of at least 4 members (excludes halogenated alkanes) is 1. The maximum Gasteiger partial charge on any atom is 0.119 e. The SMILES string of the molecule is CCCCc1ccc(C#Cc2ccc(OC[C@H]3CC[C@H](CCC)CC3)cc2)cc1. The van der Waals surface area contributed by atoms with Gasteiger partial charge in [-0.25, -0.2) is 0 Å². The van der Waals surface area contributed by atoms with Gasteiger partial charge in [-0.3, -0.25) is 0 Å². The maximum absolute atomic E-state index is 6.06. The fourth-order valence-corrected chi connectivity index (χ4v) is 4.22. The third-order valence-electron chi connectivity index (χ3n) is 6.13. The number of benzene rings is 2. The molecule has 1 aliphatic carbocycles.